The molecule has 2 aliphatic rings. The number of pyridine rings is 1. The molecule has 0 bridgehead atoms. The van der Waals surface area contributed by atoms with Crippen LogP contribution >= 0.6 is 0 Å². The molecular weight excluding hydrogens is 286 g/mol. The van der Waals surface area contributed by atoms with Crippen LogP contribution in [0, 0.1) is 5.92 Å². The highest BCUT2D eigenvalue weighted by Crippen LogP contribution is 2.35. The summed E-state index contributed by atoms with van der Waals surface area (Å²) in [5.41, 5.74) is 1.96. The van der Waals surface area contributed by atoms with Gasteiger partial charge < -0.3 is 4.90 Å². The molecular formula is C18H25N5. The number of nitrogens with zero attached hydrogens (tertiary/aromatic N) is 5. The molecule has 1 aliphatic heterocycles. The van der Waals surface area contributed by atoms with Gasteiger partial charge in [0.15, 0.2) is 0 Å². The zero-order chi connectivity index (χ0) is 15.6. The second-order valence-corrected chi connectivity index (χ2v) is 7.12. The van der Waals surface area contributed by atoms with E-state index in [1.807, 2.05) is 18.3 Å². The molecule has 5 heteroatoms. The van der Waals surface area contributed by atoms with E-state index in [1.165, 1.54) is 45.2 Å². The average Bonchev–Trinajstić information content (AvgIpc) is 3.27. The van der Waals surface area contributed by atoms with Crippen molar-refractivity contribution in [1.82, 2.24) is 24.9 Å². The van der Waals surface area contributed by atoms with Crippen molar-refractivity contribution < 1.29 is 0 Å². The first-order chi connectivity index (χ1) is 11.3. The quantitative estimate of drug-likeness (QED) is 0.851. The minimum absolute atomic E-state index is 0.484. The Morgan fingerprint density at radius 3 is 2.74 bits per heavy atom. The van der Waals surface area contributed by atoms with Gasteiger partial charge in [0, 0.05) is 37.1 Å². The van der Waals surface area contributed by atoms with E-state index >= 15 is 0 Å². The number of hydrogen-bond acceptors (Lipinski definition) is 4. The smallest absolute Gasteiger partial charge is 0.114 e. The van der Waals surface area contributed by atoms with Gasteiger partial charge in [0.25, 0.3) is 0 Å². The molecule has 3 heterocycles. The predicted octanol–water partition coefficient (Wildman–Crippen LogP) is 3.17. The molecule has 5 nitrogen and oxygen atoms in total. The lowest BCUT2D eigenvalue weighted by atomic mass is 10.0. The van der Waals surface area contributed by atoms with E-state index in [0.717, 1.165) is 23.2 Å². The number of likely N-dealkylation sites (tertiary alicyclic amines) is 1. The lowest BCUT2D eigenvalue weighted by molar-refractivity contribution is 0.129. The van der Waals surface area contributed by atoms with Crippen LogP contribution in [0.2, 0.25) is 0 Å². The predicted molar refractivity (Wildman–Crippen MR) is 89.9 cm³/mol. The third-order valence-electron chi connectivity index (χ3n) is 5.34. The second-order valence-electron chi connectivity index (χ2n) is 7.12. The Morgan fingerprint density at radius 1 is 1.22 bits per heavy atom. The highest BCUT2D eigenvalue weighted by molar-refractivity contribution is 5.55. The molecule has 1 atom stereocenters. The molecule has 0 radical (unpaired) electrons. The Labute approximate surface area is 137 Å². The highest BCUT2D eigenvalue weighted by atomic mass is 15.4. The highest BCUT2D eigenvalue weighted by Gasteiger charge is 2.29. The van der Waals surface area contributed by atoms with E-state index in [1.54, 1.807) is 6.20 Å². The van der Waals surface area contributed by atoms with Crippen LogP contribution in [0.5, 0.6) is 0 Å². The summed E-state index contributed by atoms with van der Waals surface area (Å²) in [6.45, 7) is 4.76. The molecule has 0 N–H and O–H groups in total. The van der Waals surface area contributed by atoms with Crippen molar-refractivity contribution in [3.63, 3.8) is 0 Å². The van der Waals surface area contributed by atoms with E-state index in [9.17, 15) is 0 Å². The summed E-state index contributed by atoms with van der Waals surface area (Å²) in [6, 6.07) is 5.19. The van der Waals surface area contributed by atoms with Crippen LogP contribution in [0.25, 0.3) is 11.3 Å². The van der Waals surface area contributed by atoms with E-state index in [0.29, 0.717) is 6.04 Å². The Hall–Kier alpha value is -1.75. The molecule has 23 heavy (non-hydrogen) atoms. The fraction of sp³-hybridized carbons (Fsp3) is 0.611. The van der Waals surface area contributed by atoms with Crippen LogP contribution in [0.15, 0.2) is 30.7 Å². The van der Waals surface area contributed by atoms with E-state index in [2.05, 4.69) is 38.0 Å². The minimum Gasteiger partial charge on any atom is -0.300 e. The van der Waals surface area contributed by atoms with Crippen molar-refractivity contribution in [1.29, 1.82) is 0 Å². The zero-order valence-corrected chi connectivity index (χ0v) is 13.8. The standard InChI is InChI=1S/C18H25N5/c1-14(11-15-4-5-15)22-9-6-17(7-10-22)23-13-18(20-21-23)16-3-2-8-19-12-16/h2-3,8,12-15,17H,4-7,9-11H2,1H3/t14-/m1/s1. The van der Waals surface area contributed by atoms with Crippen molar-refractivity contribution in [3.05, 3.63) is 30.7 Å². The summed E-state index contributed by atoms with van der Waals surface area (Å²) < 4.78 is 2.06. The first-order valence-corrected chi connectivity index (χ1v) is 8.86. The SMILES string of the molecule is C[C@H](CC1CC1)N1CCC(n2cc(-c3cccnc3)nn2)CC1. The summed E-state index contributed by atoms with van der Waals surface area (Å²) in [4.78, 5) is 6.82. The summed E-state index contributed by atoms with van der Waals surface area (Å²) in [5, 5.41) is 8.69. The topological polar surface area (TPSA) is 46.8 Å². The number of piperidine rings is 1. The molecule has 1 saturated heterocycles. The Morgan fingerprint density at radius 2 is 2.04 bits per heavy atom. The summed E-state index contributed by atoms with van der Waals surface area (Å²) in [5.74, 6) is 1.01. The van der Waals surface area contributed by atoms with Gasteiger partial charge in [-0.3, -0.25) is 4.98 Å². The summed E-state index contributed by atoms with van der Waals surface area (Å²) in [7, 11) is 0. The maximum Gasteiger partial charge on any atom is 0.114 e. The fourth-order valence-corrected chi connectivity index (χ4v) is 3.68. The van der Waals surface area contributed by atoms with Crippen molar-refractivity contribution in [2.24, 2.45) is 5.92 Å². The van der Waals surface area contributed by atoms with Gasteiger partial charge >= 0.3 is 0 Å². The van der Waals surface area contributed by atoms with E-state index in [-0.39, 0.29) is 0 Å². The maximum atomic E-state index is 4.36. The molecule has 0 unspecified atom stereocenters. The van der Waals surface area contributed by atoms with E-state index in [4.69, 9.17) is 0 Å². The molecule has 2 aromatic heterocycles. The van der Waals surface area contributed by atoms with Crippen LogP contribution in [-0.4, -0.2) is 44.0 Å². The van der Waals surface area contributed by atoms with Gasteiger partial charge in [-0.2, -0.15) is 0 Å². The molecule has 1 saturated carbocycles. The maximum absolute atomic E-state index is 4.36. The largest absolute Gasteiger partial charge is 0.300 e. The first kappa shape index (κ1) is 14.8. The van der Waals surface area contributed by atoms with Gasteiger partial charge in [0.1, 0.15) is 5.69 Å². The van der Waals surface area contributed by atoms with Crippen LogP contribution in [0.4, 0.5) is 0 Å². The number of rotatable bonds is 5. The van der Waals surface area contributed by atoms with Crippen molar-refractivity contribution in [2.75, 3.05) is 13.1 Å². The Bertz CT molecular complexity index is 626. The molecule has 0 aromatic carbocycles. The Kier molecular flexibility index (Phi) is 4.12. The third kappa shape index (κ3) is 3.44. The number of hydrogen-bond donors (Lipinski definition) is 0. The van der Waals surface area contributed by atoms with Crippen molar-refractivity contribution >= 4 is 0 Å². The van der Waals surface area contributed by atoms with Gasteiger partial charge in [-0.25, -0.2) is 4.68 Å². The molecule has 4 rings (SSSR count). The Balaban J connectivity index is 1.36. The van der Waals surface area contributed by atoms with Gasteiger partial charge in [-0.15, -0.1) is 5.10 Å². The van der Waals surface area contributed by atoms with E-state index < -0.39 is 0 Å². The lowest BCUT2D eigenvalue weighted by Gasteiger charge is -2.36. The van der Waals surface area contributed by atoms with Crippen LogP contribution in [-0.2, 0) is 0 Å². The van der Waals surface area contributed by atoms with Gasteiger partial charge in [-0.1, -0.05) is 18.1 Å². The summed E-state index contributed by atoms with van der Waals surface area (Å²) in [6.07, 6.45) is 12.3. The monoisotopic (exact) mass is 311 g/mol. The molecule has 0 spiro atoms. The molecule has 2 fully saturated rings. The van der Waals surface area contributed by atoms with Crippen LogP contribution < -0.4 is 0 Å². The molecule has 122 valence electrons. The van der Waals surface area contributed by atoms with Crippen LogP contribution in [0.3, 0.4) is 0 Å². The lowest BCUT2D eigenvalue weighted by Crippen LogP contribution is -2.40. The second kappa shape index (κ2) is 6.40. The van der Waals surface area contributed by atoms with Gasteiger partial charge in [-0.05, 0) is 44.2 Å². The van der Waals surface area contributed by atoms with Gasteiger partial charge in [0.05, 0.1) is 12.2 Å². The average molecular weight is 311 g/mol. The summed E-state index contributed by atoms with van der Waals surface area (Å²) >= 11 is 0. The van der Waals surface area contributed by atoms with Crippen molar-refractivity contribution in [3.8, 4) is 11.3 Å². The fourth-order valence-electron chi connectivity index (χ4n) is 3.68. The van der Waals surface area contributed by atoms with Crippen molar-refractivity contribution in [2.45, 2.75) is 51.1 Å². The number of aromatic nitrogens is 4. The van der Waals surface area contributed by atoms with Gasteiger partial charge in [0.2, 0.25) is 0 Å². The molecule has 0 amide bonds. The normalized spacial score (nSPS) is 21.4. The van der Waals surface area contributed by atoms with Crippen LogP contribution in [0.1, 0.15) is 45.1 Å². The zero-order valence-electron chi connectivity index (χ0n) is 13.8. The third-order valence-corrected chi connectivity index (χ3v) is 5.34. The molecule has 1 aliphatic carbocycles. The minimum atomic E-state index is 0.484. The molecule has 2 aromatic rings. The first-order valence-electron chi connectivity index (χ1n) is 8.86.